The van der Waals surface area contributed by atoms with Crippen molar-refractivity contribution in [3.8, 4) is 5.75 Å². The van der Waals surface area contributed by atoms with E-state index >= 15 is 0 Å². The van der Waals surface area contributed by atoms with Crippen molar-refractivity contribution in [2.24, 2.45) is 0 Å². The minimum Gasteiger partial charge on any atom is -0.479 e. The van der Waals surface area contributed by atoms with Crippen LogP contribution in [0.2, 0.25) is 0 Å². The lowest BCUT2D eigenvalue weighted by Gasteiger charge is -2.15. The number of rotatable bonds is 6. The number of fused-ring (bicyclic) bond motifs is 1. The lowest BCUT2D eigenvalue weighted by atomic mass is 10.0. The second kappa shape index (κ2) is 7.31. The van der Waals surface area contributed by atoms with E-state index in [1.54, 1.807) is 19.1 Å². The fraction of sp³-hybridized carbons (Fsp3) is 0.444. The second-order valence-corrected chi connectivity index (χ2v) is 5.54. The van der Waals surface area contributed by atoms with E-state index in [-0.39, 0.29) is 5.63 Å². The molecule has 0 bridgehead atoms. The average molecular weight is 318 g/mol. The maximum absolute atomic E-state index is 11.8. The predicted octanol–water partition coefficient (Wildman–Crippen LogP) is 3.38. The molecule has 2 aromatic rings. The van der Waals surface area contributed by atoms with Crippen molar-refractivity contribution >= 4 is 16.9 Å². The van der Waals surface area contributed by atoms with Gasteiger partial charge in [0.2, 0.25) is 0 Å². The standard InChI is InChI=1S/C18H22O5/c1-5-6-7-13-10-16(19)23-17-11(2)15(9-8-14(13)17)22-12(3)18(20)21-4/h8-10,12H,5-7H2,1-4H3/t12-/m1/s1. The summed E-state index contributed by atoms with van der Waals surface area (Å²) in [5.41, 5.74) is 1.82. The summed E-state index contributed by atoms with van der Waals surface area (Å²) in [6, 6.07) is 5.22. The minimum absolute atomic E-state index is 0.370. The Balaban J connectivity index is 2.46. The summed E-state index contributed by atoms with van der Waals surface area (Å²) >= 11 is 0. The molecule has 1 aromatic heterocycles. The van der Waals surface area contributed by atoms with Crippen LogP contribution in [0.1, 0.15) is 37.8 Å². The van der Waals surface area contributed by atoms with Gasteiger partial charge in [-0.05, 0) is 44.4 Å². The summed E-state index contributed by atoms with van der Waals surface area (Å²) in [6.07, 6.45) is 2.16. The normalized spacial score (nSPS) is 12.2. The van der Waals surface area contributed by atoms with E-state index in [2.05, 4.69) is 11.7 Å². The Kier molecular flexibility index (Phi) is 5.42. The molecule has 0 aliphatic heterocycles. The number of carbonyl (C=O) groups excluding carboxylic acids is 1. The summed E-state index contributed by atoms with van der Waals surface area (Å²) in [6.45, 7) is 5.54. The van der Waals surface area contributed by atoms with E-state index in [9.17, 15) is 9.59 Å². The fourth-order valence-electron chi connectivity index (χ4n) is 2.51. The number of ether oxygens (including phenoxy) is 2. The number of hydrogen-bond acceptors (Lipinski definition) is 5. The highest BCUT2D eigenvalue weighted by atomic mass is 16.6. The van der Waals surface area contributed by atoms with Crippen molar-refractivity contribution in [3.05, 3.63) is 39.7 Å². The Labute approximate surface area is 135 Å². The predicted molar refractivity (Wildman–Crippen MR) is 87.9 cm³/mol. The Hall–Kier alpha value is -2.30. The molecule has 0 amide bonds. The van der Waals surface area contributed by atoms with Gasteiger partial charge in [0.1, 0.15) is 11.3 Å². The van der Waals surface area contributed by atoms with E-state index in [0.29, 0.717) is 16.9 Å². The van der Waals surface area contributed by atoms with Gasteiger partial charge in [0.25, 0.3) is 0 Å². The van der Waals surface area contributed by atoms with Crippen LogP contribution in [-0.4, -0.2) is 19.2 Å². The molecule has 124 valence electrons. The van der Waals surface area contributed by atoms with Crippen LogP contribution in [0.15, 0.2) is 27.4 Å². The van der Waals surface area contributed by atoms with Gasteiger partial charge in [-0.2, -0.15) is 0 Å². The zero-order valence-electron chi connectivity index (χ0n) is 14.0. The van der Waals surface area contributed by atoms with E-state index in [1.807, 2.05) is 13.0 Å². The summed E-state index contributed by atoms with van der Waals surface area (Å²) < 4.78 is 15.7. The molecule has 1 atom stereocenters. The highest BCUT2D eigenvalue weighted by Gasteiger charge is 2.18. The number of methoxy groups -OCH3 is 1. The zero-order valence-corrected chi connectivity index (χ0v) is 14.0. The first-order chi connectivity index (χ1) is 11.0. The van der Waals surface area contributed by atoms with Crippen molar-refractivity contribution in [3.63, 3.8) is 0 Å². The first kappa shape index (κ1) is 17.1. The summed E-state index contributed by atoms with van der Waals surface area (Å²) in [4.78, 5) is 23.3. The van der Waals surface area contributed by atoms with Crippen LogP contribution in [0.4, 0.5) is 0 Å². The molecule has 5 heteroatoms. The first-order valence-electron chi connectivity index (χ1n) is 7.78. The smallest absolute Gasteiger partial charge is 0.346 e. The molecule has 0 N–H and O–H groups in total. The molecule has 0 radical (unpaired) electrons. The van der Waals surface area contributed by atoms with E-state index in [0.717, 1.165) is 30.2 Å². The van der Waals surface area contributed by atoms with Crippen LogP contribution in [-0.2, 0) is 16.0 Å². The van der Waals surface area contributed by atoms with Crippen molar-refractivity contribution in [1.82, 2.24) is 0 Å². The number of aryl methyl sites for hydroxylation is 2. The molecule has 0 saturated carbocycles. The molecule has 0 aliphatic rings. The van der Waals surface area contributed by atoms with Crippen LogP contribution >= 0.6 is 0 Å². The molecular weight excluding hydrogens is 296 g/mol. The number of hydrogen-bond donors (Lipinski definition) is 0. The highest BCUT2D eigenvalue weighted by Crippen LogP contribution is 2.29. The quantitative estimate of drug-likeness (QED) is 0.603. The Bertz CT molecular complexity index is 760. The van der Waals surface area contributed by atoms with E-state index < -0.39 is 12.1 Å². The molecule has 0 spiro atoms. The number of benzene rings is 1. The van der Waals surface area contributed by atoms with Crippen LogP contribution in [0.5, 0.6) is 5.75 Å². The van der Waals surface area contributed by atoms with Crippen molar-refractivity contribution in [2.45, 2.75) is 46.1 Å². The zero-order chi connectivity index (χ0) is 17.0. The van der Waals surface area contributed by atoms with Crippen LogP contribution in [0.3, 0.4) is 0 Å². The second-order valence-electron chi connectivity index (χ2n) is 5.54. The summed E-state index contributed by atoms with van der Waals surface area (Å²) in [5.74, 6) is 0.0498. The van der Waals surface area contributed by atoms with Gasteiger partial charge in [-0.3, -0.25) is 0 Å². The Morgan fingerprint density at radius 1 is 1.35 bits per heavy atom. The van der Waals surface area contributed by atoms with Gasteiger partial charge in [0.05, 0.1) is 7.11 Å². The Morgan fingerprint density at radius 2 is 2.09 bits per heavy atom. The fourth-order valence-corrected chi connectivity index (χ4v) is 2.51. The molecule has 2 rings (SSSR count). The summed E-state index contributed by atoms with van der Waals surface area (Å²) in [7, 11) is 1.31. The van der Waals surface area contributed by atoms with E-state index in [1.165, 1.54) is 7.11 Å². The number of unbranched alkanes of at least 4 members (excludes halogenated alkanes) is 1. The number of esters is 1. The van der Waals surface area contributed by atoms with Gasteiger partial charge >= 0.3 is 11.6 Å². The van der Waals surface area contributed by atoms with Gasteiger partial charge in [-0.25, -0.2) is 9.59 Å². The largest absolute Gasteiger partial charge is 0.479 e. The monoisotopic (exact) mass is 318 g/mol. The van der Waals surface area contributed by atoms with Crippen molar-refractivity contribution in [1.29, 1.82) is 0 Å². The third-order valence-electron chi connectivity index (χ3n) is 3.83. The number of carbonyl (C=O) groups is 1. The highest BCUT2D eigenvalue weighted by molar-refractivity contribution is 5.85. The van der Waals surface area contributed by atoms with Crippen molar-refractivity contribution in [2.75, 3.05) is 7.11 Å². The first-order valence-corrected chi connectivity index (χ1v) is 7.78. The molecular formula is C18H22O5. The van der Waals surface area contributed by atoms with Crippen molar-refractivity contribution < 1.29 is 18.7 Å². The third kappa shape index (κ3) is 3.73. The van der Waals surface area contributed by atoms with Crippen LogP contribution < -0.4 is 10.4 Å². The maximum Gasteiger partial charge on any atom is 0.346 e. The molecule has 1 heterocycles. The minimum atomic E-state index is -0.730. The van der Waals surface area contributed by atoms with Gasteiger partial charge in [-0.1, -0.05) is 13.3 Å². The lowest BCUT2D eigenvalue weighted by molar-refractivity contribution is -0.147. The average Bonchev–Trinajstić information content (AvgIpc) is 2.54. The molecule has 1 aromatic carbocycles. The molecule has 0 unspecified atom stereocenters. The maximum atomic E-state index is 11.8. The van der Waals surface area contributed by atoms with Gasteiger partial charge in [-0.15, -0.1) is 0 Å². The SMILES string of the molecule is CCCCc1cc(=O)oc2c(C)c(O[C@H](C)C(=O)OC)ccc12. The van der Waals surface area contributed by atoms with E-state index in [4.69, 9.17) is 9.15 Å². The molecule has 0 fully saturated rings. The topological polar surface area (TPSA) is 65.7 Å². The van der Waals surface area contributed by atoms with Gasteiger partial charge < -0.3 is 13.9 Å². The van der Waals surface area contributed by atoms with Gasteiger partial charge in [0, 0.05) is 17.0 Å². The van der Waals surface area contributed by atoms with Crippen LogP contribution in [0, 0.1) is 6.92 Å². The van der Waals surface area contributed by atoms with Gasteiger partial charge in [0.15, 0.2) is 6.10 Å². The molecule has 5 nitrogen and oxygen atoms in total. The van der Waals surface area contributed by atoms with Crippen LogP contribution in [0.25, 0.3) is 11.0 Å². The Morgan fingerprint density at radius 3 is 2.74 bits per heavy atom. The summed E-state index contributed by atoms with van der Waals surface area (Å²) in [5, 5.41) is 0.911. The molecule has 0 saturated heterocycles. The third-order valence-corrected chi connectivity index (χ3v) is 3.83. The molecule has 0 aliphatic carbocycles. The lowest BCUT2D eigenvalue weighted by Crippen LogP contribution is -2.25. The molecule has 23 heavy (non-hydrogen) atoms.